The van der Waals surface area contributed by atoms with Crippen molar-refractivity contribution in [3.63, 3.8) is 0 Å². The molecule has 138 valence electrons. The highest BCUT2D eigenvalue weighted by Gasteiger charge is 2.15. The molecule has 1 aromatic carbocycles. The minimum atomic E-state index is -0.547. The normalized spacial score (nSPS) is 10.3. The van der Waals surface area contributed by atoms with Crippen molar-refractivity contribution in [3.05, 3.63) is 50.7 Å². The van der Waals surface area contributed by atoms with E-state index < -0.39 is 5.97 Å². The number of nitrogens with one attached hydrogen (secondary N) is 1. The van der Waals surface area contributed by atoms with Gasteiger partial charge in [-0.05, 0) is 30.3 Å². The fourth-order valence-electron chi connectivity index (χ4n) is 2.14. The Balaban J connectivity index is 1.88. The second-order valence-electron chi connectivity index (χ2n) is 5.39. The predicted octanol–water partition coefficient (Wildman–Crippen LogP) is 3.01. The van der Waals surface area contributed by atoms with Gasteiger partial charge in [0.1, 0.15) is 5.75 Å². The van der Waals surface area contributed by atoms with Gasteiger partial charge in [-0.1, -0.05) is 11.6 Å². The molecule has 0 fully saturated rings. The van der Waals surface area contributed by atoms with Gasteiger partial charge in [0.2, 0.25) is 11.7 Å². The number of thiophene rings is 1. The van der Waals surface area contributed by atoms with Crippen LogP contribution >= 0.6 is 22.9 Å². The van der Waals surface area contributed by atoms with Crippen molar-refractivity contribution < 1.29 is 23.9 Å². The van der Waals surface area contributed by atoms with Gasteiger partial charge in [-0.3, -0.25) is 14.4 Å². The average Bonchev–Trinajstić information content (AvgIpc) is 3.07. The van der Waals surface area contributed by atoms with Gasteiger partial charge in [0, 0.05) is 22.4 Å². The van der Waals surface area contributed by atoms with Gasteiger partial charge in [-0.15, -0.1) is 11.3 Å². The summed E-state index contributed by atoms with van der Waals surface area (Å²) in [7, 11) is 1.50. The van der Waals surface area contributed by atoms with E-state index in [9.17, 15) is 14.4 Å². The summed E-state index contributed by atoms with van der Waals surface area (Å²) in [4.78, 5) is 36.3. The number of rotatable bonds is 8. The Morgan fingerprint density at radius 1 is 1.19 bits per heavy atom. The molecule has 6 nitrogen and oxygen atoms in total. The third-order valence-electron chi connectivity index (χ3n) is 3.39. The molecular weight excluding hydrogens is 378 g/mol. The van der Waals surface area contributed by atoms with E-state index in [2.05, 4.69) is 5.32 Å². The number of carbonyl (C=O) groups is 3. The van der Waals surface area contributed by atoms with Gasteiger partial charge in [0.05, 0.1) is 25.0 Å². The Morgan fingerprint density at radius 3 is 2.65 bits per heavy atom. The number of ether oxygens (including phenoxy) is 2. The molecular formula is C18H18ClNO5S. The molecule has 1 aromatic heterocycles. The third-order valence-corrected chi connectivity index (χ3v) is 4.75. The van der Waals surface area contributed by atoms with Crippen LogP contribution in [0.15, 0.2) is 30.3 Å². The first-order valence-electron chi connectivity index (χ1n) is 7.73. The third kappa shape index (κ3) is 5.86. The largest absolute Gasteiger partial charge is 0.496 e. The van der Waals surface area contributed by atoms with E-state index in [-0.39, 0.29) is 24.7 Å². The number of benzene rings is 1. The molecule has 1 heterocycles. The quantitative estimate of drug-likeness (QED) is 0.548. The van der Waals surface area contributed by atoms with E-state index in [0.717, 1.165) is 4.88 Å². The number of methoxy groups -OCH3 is 1. The monoisotopic (exact) mass is 395 g/mol. The molecule has 0 aliphatic rings. The van der Waals surface area contributed by atoms with E-state index in [0.29, 0.717) is 27.8 Å². The lowest BCUT2D eigenvalue weighted by molar-refractivity contribution is -0.141. The fraction of sp³-hybridized carbons (Fsp3) is 0.278. The predicted molar refractivity (Wildman–Crippen MR) is 98.8 cm³/mol. The summed E-state index contributed by atoms with van der Waals surface area (Å²) >= 11 is 7.18. The van der Waals surface area contributed by atoms with E-state index >= 15 is 0 Å². The van der Waals surface area contributed by atoms with E-state index in [1.807, 2.05) is 0 Å². The molecule has 0 saturated heterocycles. The molecule has 0 atom stereocenters. The second kappa shape index (κ2) is 9.35. The number of esters is 1. The molecule has 0 saturated carbocycles. The highest BCUT2D eigenvalue weighted by Crippen LogP contribution is 2.23. The molecule has 0 spiro atoms. The Bertz CT molecular complexity index is 818. The first kappa shape index (κ1) is 19.9. The van der Waals surface area contributed by atoms with Crippen LogP contribution in [-0.4, -0.2) is 31.4 Å². The summed E-state index contributed by atoms with van der Waals surface area (Å²) in [6.07, 6.45) is -0.0464. The van der Waals surface area contributed by atoms with Crippen LogP contribution in [0.5, 0.6) is 5.75 Å². The molecule has 1 amide bonds. The maximum atomic E-state index is 12.1. The number of Topliss-reactive ketones (excluding diaryl/α,β-unsaturated/α-hetero) is 1. The van der Waals surface area contributed by atoms with Crippen LogP contribution in [0, 0.1) is 0 Å². The van der Waals surface area contributed by atoms with Crippen LogP contribution in [0.4, 0.5) is 0 Å². The van der Waals surface area contributed by atoms with Gasteiger partial charge >= 0.3 is 5.97 Å². The smallest absolute Gasteiger partial charge is 0.310 e. The zero-order valence-corrected chi connectivity index (χ0v) is 15.9. The number of carbonyl (C=O) groups excluding carboxylic acids is 3. The first-order valence-corrected chi connectivity index (χ1v) is 8.93. The van der Waals surface area contributed by atoms with E-state index in [4.69, 9.17) is 21.1 Å². The molecule has 0 unspecified atom stereocenters. The summed E-state index contributed by atoms with van der Waals surface area (Å²) in [5.74, 6) is -0.459. The minimum absolute atomic E-state index is 0.0464. The van der Waals surface area contributed by atoms with Crippen LogP contribution < -0.4 is 10.1 Å². The van der Waals surface area contributed by atoms with Gasteiger partial charge in [-0.25, -0.2) is 0 Å². The van der Waals surface area contributed by atoms with Gasteiger partial charge in [0.25, 0.3) is 0 Å². The summed E-state index contributed by atoms with van der Waals surface area (Å²) < 4.78 is 10.2. The Morgan fingerprint density at radius 2 is 1.96 bits per heavy atom. The molecule has 0 aliphatic heterocycles. The van der Waals surface area contributed by atoms with Gasteiger partial charge in [0.15, 0.2) is 6.61 Å². The fourth-order valence-corrected chi connectivity index (χ4v) is 3.21. The lowest BCUT2D eigenvalue weighted by Gasteiger charge is -2.08. The second-order valence-corrected chi connectivity index (χ2v) is 7.00. The maximum Gasteiger partial charge on any atom is 0.310 e. The van der Waals surface area contributed by atoms with Crippen molar-refractivity contribution in [1.82, 2.24) is 5.32 Å². The van der Waals surface area contributed by atoms with Crippen LogP contribution in [0.1, 0.15) is 27.0 Å². The lowest BCUT2D eigenvalue weighted by Crippen LogP contribution is -2.18. The Kier molecular flexibility index (Phi) is 7.17. The van der Waals surface area contributed by atoms with Crippen LogP contribution in [0.25, 0.3) is 0 Å². The zero-order valence-electron chi connectivity index (χ0n) is 14.3. The lowest BCUT2D eigenvalue weighted by atomic mass is 10.1. The number of hydrogen-bond donors (Lipinski definition) is 1. The standard InChI is InChI=1S/C18H18ClNO5S/c1-11(21)20-9-14-4-6-17(26-14)15(22)10-25-18(23)8-12-7-13(19)3-5-16(12)24-2/h3-7H,8-10H2,1-2H3,(H,20,21). The molecule has 0 bridgehead atoms. The number of ketones is 1. The summed E-state index contributed by atoms with van der Waals surface area (Å²) in [5.41, 5.74) is 0.589. The first-order chi connectivity index (χ1) is 12.4. The minimum Gasteiger partial charge on any atom is -0.496 e. The zero-order chi connectivity index (χ0) is 19.1. The maximum absolute atomic E-state index is 12.1. The number of hydrogen-bond acceptors (Lipinski definition) is 6. The summed E-state index contributed by atoms with van der Waals surface area (Å²) in [5, 5.41) is 3.14. The Hall–Kier alpha value is -2.38. The molecule has 2 rings (SSSR count). The average molecular weight is 396 g/mol. The molecule has 1 N–H and O–H groups in total. The van der Waals surface area contributed by atoms with Crippen LogP contribution in [-0.2, 0) is 27.3 Å². The van der Waals surface area contributed by atoms with E-state index in [1.165, 1.54) is 25.4 Å². The highest BCUT2D eigenvalue weighted by atomic mass is 35.5. The van der Waals surface area contributed by atoms with Crippen molar-refractivity contribution in [2.75, 3.05) is 13.7 Å². The summed E-state index contributed by atoms with van der Waals surface area (Å²) in [6.45, 7) is 1.44. The van der Waals surface area contributed by atoms with Crippen molar-refractivity contribution >= 4 is 40.6 Å². The van der Waals surface area contributed by atoms with Crippen LogP contribution in [0.2, 0.25) is 5.02 Å². The summed E-state index contributed by atoms with van der Waals surface area (Å²) in [6, 6.07) is 8.36. The molecule has 26 heavy (non-hydrogen) atoms. The molecule has 0 radical (unpaired) electrons. The SMILES string of the molecule is COc1ccc(Cl)cc1CC(=O)OCC(=O)c1ccc(CNC(C)=O)s1. The molecule has 8 heteroatoms. The van der Waals surface area contributed by atoms with Gasteiger partial charge in [-0.2, -0.15) is 0 Å². The highest BCUT2D eigenvalue weighted by molar-refractivity contribution is 7.14. The molecule has 2 aromatic rings. The van der Waals surface area contributed by atoms with Crippen molar-refractivity contribution in [2.24, 2.45) is 0 Å². The number of amides is 1. The molecule has 0 aliphatic carbocycles. The van der Waals surface area contributed by atoms with Crippen LogP contribution in [0.3, 0.4) is 0 Å². The van der Waals surface area contributed by atoms with Crippen molar-refractivity contribution in [1.29, 1.82) is 0 Å². The van der Waals surface area contributed by atoms with Gasteiger partial charge < -0.3 is 14.8 Å². The number of halogens is 1. The van der Waals surface area contributed by atoms with E-state index in [1.54, 1.807) is 30.3 Å². The Labute approximate surface area is 160 Å². The van der Waals surface area contributed by atoms with Crippen molar-refractivity contribution in [2.45, 2.75) is 19.9 Å². The van der Waals surface area contributed by atoms with Crippen molar-refractivity contribution in [3.8, 4) is 5.75 Å². The topological polar surface area (TPSA) is 81.7 Å².